The van der Waals surface area contributed by atoms with Crippen LogP contribution in [0.5, 0.6) is 0 Å². The predicted molar refractivity (Wildman–Crippen MR) is 99.8 cm³/mol. The summed E-state index contributed by atoms with van der Waals surface area (Å²) in [5.74, 6) is 0.137. The highest BCUT2D eigenvalue weighted by atomic mass is 35.5. The Balaban J connectivity index is 0.00000288. The van der Waals surface area contributed by atoms with Crippen LogP contribution in [-0.2, 0) is 9.59 Å². The number of nitrogens with one attached hydrogen (secondary N) is 2. The lowest BCUT2D eigenvalue weighted by molar-refractivity contribution is -0.126. The third kappa shape index (κ3) is 4.71. The SMILES string of the molecule is CCC(C)c1ccccc1N1CC(C(=O)NCCNC)CC1=O.Cl. The molecule has 0 bridgehead atoms. The van der Waals surface area contributed by atoms with Gasteiger partial charge >= 0.3 is 0 Å². The van der Waals surface area contributed by atoms with E-state index in [4.69, 9.17) is 0 Å². The van der Waals surface area contributed by atoms with E-state index in [2.05, 4.69) is 30.5 Å². The van der Waals surface area contributed by atoms with Crippen LogP contribution in [0.25, 0.3) is 0 Å². The number of carbonyl (C=O) groups is 2. The summed E-state index contributed by atoms with van der Waals surface area (Å²) >= 11 is 0. The fourth-order valence-corrected chi connectivity index (χ4v) is 2.94. The minimum atomic E-state index is -0.260. The number of carbonyl (C=O) groups excluding carboxylic acids is 2. The quantitative estimate of drug-likeness (QED) is 0.739. The Kier molecular flexibility index (Phi) is 8.22. The zero-order valence-corrected chi connectivity index (χ0v) is 15.5. The Morgan fingerprint density at radius 2 is 2.04 bits per heavy atom. The zero-order chi connectivity index (χ0) is 16.8. The van der Waals surface area contributed by atoms with E-state index in [-0.39, 0.29) is 30.1 Å². The van der Waals surface area contributed by atoms with E-state index < -0.39 is 0 Å². The summed E-state index contributed by atoms with van der Waals surface area (Å²) in [6, 6.07) is 8.03. The molecule has 0 aliphatic carbocycles. The molecule has 1 fully saturated rings. The van der Waals surface area contributed by atoms with E-state index in [0.29, 0.717) is 25.4 Å². The van der Waals surface area contributed by atoms with Crippen LogP contribution in [0.4, 0.5) is 5.69 Å². The third-order valence-electron chi connectivity index (χ3n) is 4.54. The molecule has 0 aromatic heterocycles. The number of hydrogen-bond donors (Lipinski definition) is 2. The van der Waals surface area contributed by atoms with Gasteiger partial charge in [-0.05, 0) is 31.0 Å². The fourth-order valence-electron chi connectivity index (χ4n) is 2.94. The van der Waals surface area contributed by atoms with Crippen molar-refractivity contribution in [3.8, 4) is 0 Å². The zero-order valence-electron chi connectivity index (χ0n) is 14.7. The summed E-state index contributed by atoms with van der Waals surface area (Å²) in [5.41, 5.74) is 2.14. The standard InChI is InChI=1S/C18H27N3O2.ClH/c1-4-13(2)15-7-5-6-8-16(15)21-12-14(11-17(21)22)18(23)20-10-9-19-3;/h5-8,13-14,19H,4,9-12H2,1-3H3,(H,20,23);1H. The predicted octanol–water partition coefficient (Wildman–Crippen LogP) is 2.31. The Morgan fingerprint density at radius 1 is 1.33 bits per heavy atom. The van der Waals surface area contributed by atoms with Gasteiger partial charge in [0.2, 0.25) is 11.8 Å². The molecule has 0 spiro atoms. The number of likely N-dealkylation sites (N-methyl/N-ethyl adjacent to an activating group) is 1. The van der Waals surface area contributed by atoms with Crippen LogP contribution in [0, 0.1) is 5.92 Å². The molecule has 1 heterocycles. The maximum absolute atomic E-state index is 12.4. The number of benzene rings is 1. The molecule has 24 heavy (non-hydrogen) atoms. The van der Waals surface area contributed by atoms with Crippen LogP contribution in [0.2, 0.25) is 0 Å². The lowest BCUT2D eigenvalue weighted by Gasteiger charge is -2.23. The summed E-state index contributed by atoms with van der Waals surface area (Å²) in [5, 5.41) is 5.88. The number of halogens is 1. The molecule has 0 saturated carbocycles. The van der Waals surface area contributed by atoms with Crippen LogP contribution in [0.15, 0.2) is 24.3 Å². The first-order valence-corrected chi connectivity index (χ1v) is 8.40. The molecule has 1 aliphatic heterocycles. The topological polar surface area (TPSA) is 61.4 Å². The molecule has 2 amide bonds. The number of nitrogens with zero attached hydrogens (tertiary/aromatic N) is 1. The maximum Gasteiger partial charge on any atom is 0.227 e. The van der Waals surface area contributed by atoms with Crippen LogP contribution < -0.4 is 15.5 Å². The summed E-state index contributed by atoms with van der Waals surface area (Å²) in [6.07, 6.45) is 1.31. The van der Waals surface area contributed by atoms with Crippen molar-refractivity contribution in [2.75, 3.05) is 31.6 Å². The Hall–Kier alpha value is -1.59. The largest absolute Gasteiger partial charge is 0.355 e. The minimum absolute atomic E-state index is 0. The van der Waals surface area contributed by atoms with Crippen LogP contribution in [-0.4, -0.2) is 38.5 Å². The summed E-state index contributed by atoms with van der Waals surface area (Å²) in [4.78, 5) is 26.4. The van der Waals surface area contributed by atoms with Gasteiger partial charge < -0.3 is 15.5 Å². The van der Waals surface area contributed by atoms with Crippen molar-refractivity contribution in [2.45, 2.75) is 32.6 Å². The van der Waals surface area contributed by atoms with Gasteiger partial charge in [0.05, 0.1) is 5.92 Å². The summed E-state index contributed by atoms with van der Waals surface area (Å²) in [6.45, 7) is 6.10. The van der Waals surface area contributed by atoms with Crippen molar-refractivity contribution >= 4 is 29.9 Å². The van der Waals surface area contributed by atoms with E-state index in [1.165, 1.54) is 5.56 Å². The van der Waals surface area contributed by atoms with E-state index in [1.807, 2.05) is 25.2 Å². The minimum Gasteiger partial charge on any atom is -0.355 e. The van der Waals surface area contributed by atoms with Crippen molar-refractivity contribution in [1.82, 2.24) is 10.6 Å². The van der Waals surface area contributed by atoms with Gasteiger partial charge in [-0.2, -0.15) is 0 Å². The van der Waals surface area contributed by atoms with Crippen LogP contribution >= 0.6 is 12.4 Å². The van der Waals surface area contributed by atoms with E-state index >= 15 is 0 Å². The maximum atomic E-state index is 12.4. The van der Waals surface area contributed by atoms with E-state index in [1.54, 1.807) is 4.90 Å². The van der Waals surface area contributed by atoms with Gasteiger partial charge in [0.25, 0.3) is 0 Å². The molecular weight excluding hydrogens is 326 g/mol. The number of rotatable bonds is 7. The molecule has 134 valence electrons. The molecule has 1 aliphatic rings. The van der Waals surface area contributed by atoms with Gasteiger partial charge in [0.1, 0.15) is 0 Å². The van der Waals surface area contributed by atoms with Gasteiger partial charge in [0, 0.05) is 31.7 Å². The highest BCUT2D eigenvalue weighted by Crippen LogP contribution is 2.33. The number of para-hydroxylation sites is 1. The van der Waals surface area contributed by atoms with Crippen LogP contribution in [0.1, 0.15) is 38.2 Å². The van der Waals surface area contributed by atoms with Crippen molar-refractivity contribution in [1.29, 1.82) is 0 Å². The molecule has 2 unspecified atom stereocenters. The van der Waals surface area contributed by atoms with Gasteiger partial charge in [-0.25, -0.2) is 0 Å². The monoisotopic (exact) mass is 353 g/mol. The van der Waals surface area contributed by atoms with Crippen molar-refractivity contribution < 1.29 is 9.59 Å². The molecular formula is C18H28ClN3O2. The van der Waals surface area contributed by atoms with Gasteiger partial charge in [-0.1, -0.05) is 32.0 Å². The first-order valence-electron chi connectivity index (χ1n) is 8.40. The van der Waals surface area contributed by atoms with Gasteiger partial charge in [-0.15, -0.1) is 12.4 Å². The van der Waals surface area contributed by atoms with Crippen molar-refractivity contribution in [2.24, 2.45) is 5.92 Å². The summed E-state index contributed by atoms with van der Waals surface area (Å²) < 4.78 is 0. The molecule has 1 aromatic rings. The number of hydrogen-bond acceptors (Lipinski definition) is 3. The van der Waals surface area contributed by atoms with Crippen LogP contribution in [0.3, 0.4) is 0 Å². The lowest BCUT2D eigenvalue weighted by atomic mass is 9.96. The van der Waals surface area contributed by atoms with Gasteiger partial charge in [-0.3, -0.25) is 9.59 Å². The average molecular weight is 354 g/mol. The Morgan fingerprint density at radius 3 is 2.71 bits per heavy atom. The molecule has 1 saturated heterocycles. The lowest BCUT2D eigenvalue weighted by Crippen LogP contribution is -2.36. The second kappa shape index (κ2) is 9.64. The Labute approximate surface area is 150 Å². The molecule has 0 radical (unpaired) electrons. The molecule has 2 rings (SSSR count). The van der Waals surface area contributed by atoms with E-state index in [9.17, 15) is 9.59 Å². The molecule has 2 N–H and O–H groups in total. The Bertz CT molecular complexity index is 565. The third-order valence-corrected chi connectivity index (χ3v) is 4.54. The van der Waals surface area contributed by atoms with Gasteiger partial charge in [0.15, 0.2) is 0 Å². The molecule has 1 aromatic carbocycles. The smallest absolute Gasteiger partial charge is 0.227 e. The van der Waals surface area contributed by atoms with E-state index in [0.717, 1.165) is 18.7 Å². The first kappa shape index (κ1) is 20.5. The second-order valence-electron chi connectivity index (χ2n) is 6.17. The molecule has 2 atom stereocenters. The molecule has 5 nitrogen and oxygen atoms in total. The highest BCUT2D eigenvalue weighted by molar-refractivity contribution is 6.00. The van der Waals surface area contributed by atoms with Crippen molar-refractivity contribution in [3.63, 3.8) is 0 Å². The fraction of sp³-hybridized carbons (Fsp3) is 0.556. The molecule has 6 heteroatoms. The average Bonchev–Trinajstić information content (AvgIpc) is 2.96. The number of amides is 2. The summed E-state index contributed by atoms with van der Waals surface area (Å²) in [7, 11) is 1.85. The normalized spacial score (nSPS) is 18.2. The highest BCUT2D eigenvalue weighted by Gasteiger charge is 2.35. The number of anilines is 1. The second-order valence-corrected chi connectivity index (χ2v) is 6.17. The van der Waals surface area contributed by atoms with Crippen molar-refractivity contribution in [3.05, 3.63) is 29.8 Å². The first-order chi connectivity index (χ1) is 11.1.